The van der Waals surface area contributed by atoms with Gasteiger partial charge < -0.3 is 15.2 Å². The second kappa shape index (κ2) is 8.30. The van der Waals surface area contributed by atoms with Crippen LogP contribution in [-0.2, 0) is 4.79 Å². The van der Waals surface area contributed by atoms with Crippen molar-refractivity contribution in [2.24, 2.45) is 0 Å². The smallest absolute Gasteiger partial charge is 0.311 e. The molecule has 2 N–H and O–H groups in total. The van der Waals surface area contributed by atoms with Gasteiger partial charge in [-0.15, -0.1) is 0 Å². The predicted molar refractivity (Wildman–Crippen MR) is 94.6 cm³/mol. The molecule has 1 amide bonds. The van der Waals surface area contributed by atoms with E-state index < -0.39 is 22.3 Å². The van der Waals surface area contributed by atoms with Crippen molar-refractivity contribution in [3.8, 4) is 17.6 Å². The highest BCUT2D eigenvalue weighted by Crippen LogP contribution is 2.27. The van der Waals surface area contributed by atoms with Crippen molar-refractivity contribution in [2.45, 2.75) is 6.92 Å². The molecule has 0 aliphatic heterocycles. The molecule has 8 heteroatoms. The number of nitriles is 1. The summed E-state index contributed by atoms with van der Waals surface area (Å²) in [6.07, 6.45) is 1.20. The lowest BCUT2D eigenvalue weighted by molar-refractivity contribution is -0.385. The Hall–Kier alpha value is -3.86. The van der Waals surface area contributed by atoms with E-state index in [1.807, 2.05) is 6.92 Å². The van der Waals surface area contributed by atoms with E-state index in [1.165, 1.54) is 12.1 Å². The summed E-state index contributed by atoms with van der Waals surface area (Å²) in [5.74, 6) is -0.505. The van der Waals surface area contributed by atoms with Crippen molar-refractivity contribution >= 4 is 23.4 Å². The number of aromatic hydroxyl groups is 1. The van der Waals surface area contributed by atoms with Crippen molar-refractivity contribution in [1.82, 2.24) is 0 Å². The summed E-state index contributed by atoms with van der Waals surface area (Å²) >= 11 is 0. The van der Waals surface area contributed by atoms with E-state index >= 15 is 0 Å². The number of anilines is 1. The number of carbonyl (C=O) groups is 1. The first-order valence-electron chi connectivity index (χ1n) is 7.58. The maximum Gasteiger partial charge on any atom is 0.311 e. The van der Waals surface area contributed by atoms with Gasteiger partial charge >= 0.3 is 5.69 Å². The number of hydrogen-bond donors (Lipinski definition) is 2. The van der Waals surface area contributed by atoms with Crippen molar-refractivity contribution in [1.29, 1.82) is 5.26 Å². The fourth-order valence-corrected chi connectivity index (χ4v) is 2.09. The van der Waals surface area contributed by atoms with Crippen LogP contribution in [0.4, 0.5) is 11.4 Å². The Kier molecular flexibility index (Phi) is 5.90. The van der Waals surface area contributed by atoms with Crippen molar-refractivity contribution in [3.05, 3.63) is 63.7 Å². The van der Waals surface area contributed by atoms with Crippen LogP contribution < -0.4 is 10.1 Å². The van der Waals surface area contributed by atoms with Crippen LogP contribution in [0.2, 0.25) is 0 Å². The summed E-state index contributed by atoms with van der Waals surface area (Å²) in [6.45, 7) is 2.37. The molecule has 2 rings (SSSR count). The summed E-state index contributed by atoms with van der Waals surface area (Å²) in [5.41, 5.74) is -0.0361. The normalized spacial score (nSPS) is 10.7. The van der Waals surface area contributed by atoms with Crippen LogP contribution in [0.3, 0.4) is 0 Å². The van der Waals surface area contributed by atoms with E-state index in [2.05, 4.69) is 5.32 Å². The highest BCUT2D eigenvalue weighted by Gasteiger charge is 2.15. The zero-order chi connectivity index (χ0) is 19.1. The molecule has 2 aromatic rings. The molecule has 0 atom stereocenters. The van der Waals surface area contributed by atoms with Crippen LogP contribution in [0.15, 0.2) is 48.0 Å². The number of nitrogens with zero attached hydrogens (tertiary/aromatic N) is 2. The average Bonchev–Trinajstić information content (AvgIpc) is 2.62. The van der Waals surface area contributed by atoms with Crippen LogP contribution >= 0.6 is 0 Å². The lowest BCUT2D eigenvalue weighted by Gasteiger charge is -2.06. The molecule has 0 aliphatic rings. The van der Waals surface area contributed by atoms with Gasteiger partial charge in [0.25, 0.3) is 5.91 Å². The maximum absolute atomic E-state index is 12.2. The highest BCUT2D eigenvalue weighted by atomic mass is 16.6. The van der Waals surface area contributed by atoms with E-state index in [9.17, 15) is 25.3 Å². The molecule has 0 heterocycles. The van der Waals surface area contributed by atoms with Gasteiger partial charge in [-0.2, -0.15) is 5.26 Å². The monoisotopic (exact) mass is 353 g/mol. The zero-order valence-corrected chi connectivity index (χ0v) is 13.8. The third kappa shape index (κ3) is 4.58. The van der Waals surface area contributed by atoms with Gasteiger partial charge in [0.1, 0.15) is 17.4 Å². The average molecular weight is 353 g/mol. The number of nitrogens with one attached hydrogen (secondary N) is 1. The fraction of sp³-hybridized carbons (Fsp3) is 0.111. The number of phenolic OH excluding ortho intramolecular Hbond substituents is 1. The number of rotatable bonds is 6. The molecule has 0 unspecified atom stereocenters. The molecule has 0 spiro atoms. The first kappa shape index (κ1) is 18.5. The first-order valence-corrected chi connectivity index (χ1v) is 7.58. The molecule has 132 valence electrons. The number of ether oxygens (including phenoxy) is 1. The Morgan fingerprint density at radius 3 is 2.62 bits per heavy atom. The van der Waals surface area contributed by atoms with Gasteiger partial charge in [0.2, 0.25) is 0 Å². The zero-order valence-electron chi connectivity index (χ0n) is 13.8. The van der Waals surface area contributed by atoms with Gasteiger partial charge in [0.15, 0.2) is 5.75 Å². The molecule has 0 saturated carbocycles. The Morgan fingerprint density at radius 1 is 1.35 bits per heavy atom. The van der Waals surface area contributed by atoms with E-state index in [1.54, 1.807) is 30.3 Å². The molecule has 26 heavy (non-hydrogen) atoms. The molecule has 0 fully saturated rings. The predicted octanol–water partition coefficient (Wildman–Crippen LogP) is 3.24. The number of nitro groups is 1. The first-order chi connectivity index (χ1) is 12.4. The Bertz CT molecular complexity index is 898. The molecular weight excluding hydrogens is 338 g/mol. The number of benzene rings is 2. The van der Waals surface area contributed by atoms with Gasteiger partial charge in [-0.3, -0.25) is 14.9 Å². The lowest BCUT2D eigenvalue weighted by atomic mass is 10.1. The molecule has 0 bridgehead atoms. The van der Waals surface area contributed by atoms with E-state index in [0.29, 0.717) is 18.0 Å². The van der Waals surface area contributed by atoms with E-state index in [0.717, 1.165) is 12.1 Å². The van der Waals surface area contributed by atoms with Crippen molar-refractivity contribution in [2.75, 3.05) is 11.9 Å². The van der Waals surface area contributed by atoms with Crippen LogP contribution in [0.1, 0.15) is 12.5 Å². The van der Waals surface area contributed by atoms with Crippen molar-refractivity contribution in [3.63, 3.8) is 0 Å². The summed E-state index contributed by atoms with van der Waals surface area (Å²) in [6, 6.07) is 11.9. The number of nitro benzene ring substituents is 1. The quantitative estimate of drug-likeness (QED) is 0.355. The van der Waals surface area contributed by atoms with E-state index in [-0.39, 0.29) is 11.1 Å². The van der Waals surface area contributed by atoms with Crippen LogP contribution in [0.5, 0.6) is 11.5 Å². The Labute approximate surface area is 149 Å². The summed E-state index contributed by atoms with van der Waals surface area (Å²) < 4.78 is 5.30. The number of phenols is 1. The van der Waals surface area contributed by atoms with Gasteiger partial charge in [-0.05, 0) is 48.9 Å². The van der Waals surface area contributed by atoms with Crippen LogP contribution in [-0.4, -0.2) is 22.5 Å². The SMILES string of the molecule is CCOc1ccc(NC(=O)/C(C#N)=C\c2ccc(O)c([N+](=O)[O-])c2)cc1. The molecular formula is C18H15N3O5. The van der Waals surface area contributed by atoms with E-state index in [4.69, 9.17) is 4.74 Å². The lowest BCUT2D eigenvalue weighted by Crippen LogP contribution is -2.13. The Morgan fingerprint density at radius 2 is 2.04 bits per heavy atom. The second-order valence-corrected chi connectivity index (χ2v) is 5.09. The van der Waals surface area contributed by atoms with Gasteiger partial charge in [-0.25, -0.2) is 0 Å². The molecule has 0 aromatic heterocycles. The molecule has 2 aromatic carbocycles. The molecule has 0 aliphatic carbocycles. The Balaban J connectivity index is 2.20. The minimum atomic E-state index is -0.751. The van der Waals surface area contributed by atoms with Crippen molar-refractivity contribution < 1.29 is 19.6 Å². The third-order valence-corrected chi connectivity index (χ3v) is 3.30. The maximum atomic E-state index is 12.2. The van der Waals surface area contributed by atoms with Gasteiger partial charge in [0, 0.05) is 11.8 Å². The number of carbonyl (C=O) groups excluding carboxylic acids is 1. The molecule has 0 saturated heterocycles. The highest BCUT2D eigenvalue weighted by molar-refractivity contribution is 6.09. The number of amides is 1. The minimum absolute atomic E-state index is 0.237. The van der Waals surface area contributed by atoms with Gasteiger partial charge in [0.05, 0.1) is 11.5 Å². The minimum Gasteiger partial charge on any atom is -0.502 e. The van der Waals surface area contributed by atoms with Gasteiger partial charge in [-0.1, -0.05) is 6.07 Å². The standard InChI is InChI=1S/C18H15N3O5/c1-2-26-15-6-4-14(5-7-15)20-18(23)13(11-19)9-12-3-8-17(22)16(10-12)21(24)25/h3-10,22H,2H2,1H3,(H,20,23)/b13-9-. The largest absolute Gasteiger partial charge is 0.502 e. The summed E-state index contributed by atoms with van der Waals surface area (Å²) in [4.78, 5) is 22.3. The summed E-state index contributed by atoms with van der Waals surface area (Å²) in [5, 5.41) is 32.1. The second-order valence-electron chi connectivity index (χ2n) is 5.09. The number of hydrogen-bond acceptors (Lipinski definition) is 6. The third-order valence-electron chi connectivity index (χ3n) is 3.30. The van der Waals surface area contributed by atoms with Crippen LogP contribution in [0.25, 0.3) is 6.08 Å². The van der Waals surface area contributed by atoms with Crippen LogP contribution in [0, 0.1) is 21.4 Å². The topological polar surface area (TPSA) is 125 Å². The molecule has 8 nitrogen and oxygen atoms in total. The summed E-state index contributed by atoms with van der Waals surface area (Å²) in [7, 11) is 0. The molecule has 0 radical (unpaired) electrons. The fourth-order valence-electron chi connectivity index (χ4n) is 2.09.